The van der Waals surface area contributed by atoms with Gasteiger partial charge in [0.05, 0.1) is 0 Å². The molecule has 2 N–H and O–H groups in total. The second-order valence-electron chi connectivity index (χ2n) is 6.28. The number of halogens is 1. The van der Waals surface area contributed by atoms with Crippen molar-refractivity contribution in [3.8, 4) is 0 Å². The number of aryl methyl sites for hydroxylation is 1. The highest BCUT2D eigenvalue weighted by molar-refractivity contribution is 5.94. The first-order valence-electron chi connectivity index (χ1n) is 8.71. The van der Waals surface area contributed by atoms with Crippen LogP contribution in [0.3, 0.4) is 0 Å². The average molecular weight is 364 g/mol. The van der Waals surface area contributed by atoms with E-state index in [4.69, 9.17) is 0 Å². The topological polar surface area (TPSA) is 66.9 Å². The van der Waals surface area contributed by atoms with Crippen LogP contribution in [0.25, 0.3) is 0 Å². The van der Waals surface area contributed by atoms with E-state index in [1.165, 1.54) is 19.1 Å². The zero-order chi connectivity index (χ0) is 19.2. The van der Waals surface area contributed by atoms with E-state index in [1.54, 1.807) is 24.3 Å². The molecule has 0 radical (unpaired) electrons. The molecule has 0 aliphatic heterocycles. The van der Waals surface area contributed by atoms with Crippen molar-refractivity contribution in [3.63, 3.8) is 0 Å². The molecule has 2 aromatic carbocycles. The monoisotopic (exact) mass is 364 g/mol. The number of carbonyl (C=O) groups is 1. The van der Waals surface area contributed by atoms with Crippen LogP contribution < -0.4 is 10.6 Å². The summed E-state index contributed by atoms with van der Waals surface area (Å²) in [4.78, 5) is 20.2. The minimum Gasteiger partial charge on any atom is -0.370 e. The molecule has 0 amide bonds. The molecular weight excluding hydrogens is 343 g/mol. The second-order valence-corrected chi connectivity index (χ2v) is 6.28. The Balaban J connectivity index is 1.63. The fourth-order valence-corrected chi connectivity index (χ4v) is 2.62. The number of rotatable bonds is 7. The smallest absolute Gasteiger partial charge is 0.229 e. The molecule has 1 heterocycles. The number of anilines is 3. The molecule has 27 heavy (non-hydrogen) atoms. The number of nitrogens with one attached hydrogen (secondary N) is 2. The Morgan fingerprint density at radius 3 is 2.41 bits per heavy atom. The Hall–Kier alpha value is -3.28. The standard InChI is InChI=1S/C21H21FN4O/c1-14-13-20(23-12-11-16-3-7-18(22)8-4-16)26-21(24-14)25-19-9-5-17(6-10-19)15(2)27/h3-10,13H,11-12H2,1-2H3,(H2,23,24,25,26). The van der Waals surface area contributed by atoms with Gasteiger partial charge in [0, 0.05) is 29.6 Å². The van der Waals surface area contributed by atoms with E-state index >= 15 is 0 Å². The molecule has 138 valence electrons. The lowest BCUT2D eigenvalue weighted by Crippen LogP contribution is -2.08. The summed E-state index contributed by atoms with van der Waals surface area (Å²) in [5.74, 6) is 0.994. The van der Waals surface area contributed by atoms with Gasteiger partial charge in [-0.15, -0.1) is 0 Å². The van der Waals surface area contributed by atoms with Crippen molar-refractivity contribution in [2.24, 2.45) is 0 Å². The molecule has 0 aliphatic carbocycles. The first-order valence-corrected chi connectivity index (χ1v) is 8.71. The minimum absolute atomic E-state index is 0.0287. The van der Waals surface area contributed by atoms with Gasteiger partial charge in [0.15, 0.2) is 5.78 Å². The maximum absolute atomic E-state index is 12.9. The van der Waals surface area contributed by atoms with Crippen molar-refractivity contribution in [1.82, 2.24) is 9.97 Å². The summed E-state index contributed by atoms with van der Waals surface area (Å²) in [6.45, 7) is 4.11. The summed E-state index contributed by atoms with van der Waals surface area (Å²) in [6, 6.07) is 15.5. The SMILES string of the molecule is CC(=O)c1ccc(Nc2nc(C)cc(NCCc3ccc(F)cc3)n2)cc1. The molecule has 0 bridgehead atoms. The van der Waals surface area contributed by atoms with Gasteiger partial charge >= 0.3 is 0 Å². The van der Waals surface area contributed by atoms with Crippen LogP contribution in [0.5, 0.6) is 0 Å². The van der Waals surface area contributed by atoms with E-state index in [2.05, 4.69) is 20.6 Å². The molecule has 6 heteroatoms. The van der Waals surface area contributed by atoms with E-state index in [9.17, 15) is 9.18 Å². The van der Waals surface area contributed by atoms with Crippen molar-refractivity contribution < 1.29 is 9.18 Å². The second kappa shape index (κ2) is 8.40. The fourth-order valence-electron chi connectivity index (χ4n) is 2.62. The molecule has 0 unspecified atom stereocenters. The van der Waals surface area contributed by atoms with E-state index in [1.807, 2.05) is 25.1 Å². The van der Waals surface area contributed by atoms with Gasteiger partial charge in [-0.1, -0.05) is 12.1 Å². The highest BCUT2D eigenvalue weighted by atomic mass is 19.1. The minimum atomic E-state index is -0.231. The van der Waals surface area contributed by atoms with Gasteiger partial charge < -0.3 is 10.6 Å². The quantitative estimate of drug-likeness (QED) is 0.603. The lowest BCUT2D eigenvalue weighted by atomic mass is 10.1. The Kier molecular flexibility index (Phi) is 5.76. The molecule has 0 saturated heterocycles. The largest absolute Gasteiger partial charge is 0.370 e. The van der Waals surface area contributed by atoms with Crippen molar-refractivity contribution >= 4 is 23.2 Å². The Morgan fingerprint density at radius 2 is 1.74 bits per heavy atom. The molecule has 5 nitrogen and oxygen atoms in total. The summed E-state index contributed by atoms with van der Waals surface area (Å²) in [5.41, 5.74) is 3.35. The normalized spacial score (nSPS) is 10.5. The van der Waals surface area contributed by atoms with Gasteiger partial charge in [0.25, 0.3) is 0 Å². The van der Waals surface area contributed by atoms with Gasteiger partial charge in [-0.05, 0) is 62.2 Å². The van der Waals surface area contributed by atoms with Gasteiger partial charge in [-0.25, -0.2) is 9.37 Å². The first-order chi connectivity index (χ1) is 13.0. The van der Waals surface area contributed by atoms with Crippen LogP contribution in [0.4, 0.5) is 21.8 Å². The highest BCUT2D eigenvalue weighted by Gasteiger charge is 2.04. The van der Waals surface area contributed by atoms with Gasteiger partial charge in [0.1, 0.15) is 11.6 Å². The lowest BCUT2D eigenvalue weighted by Gasteiger charge is -2.10. The van der Waals surface area contributed by atoms with Crippen LogP contribution in [0.1, 0.15) is 28.5 Å². The van der Waals surface area contributed by atoms with Gasteiger partial charge in [-0.2, -0.15) is 4.98 Å². The summed E-state index contributed by atoms with van der Waals surface area (Å²) in [7, 11) is 0. The molecule has 0 fully saturated rings. The van der Waals surface area contributed by atoms with Crippen LogP contribution in [0.2, 0.25) is 0 Å². The predicted molar refractivity (Wildman–Crippen MR) is 105 cm³/mol. The summed E-state index contributed by atoms with van der Waals surface area (Å²) in [5, 5.41) is 6.42. The van der Waals surface area contributed by atoms with Crippen molar-refractivity contribution in [1.29, 1.82) is 0 Å². The Morgan fingerprint density at radius 1 is 1.04 bits per heavy atom. The van der Waals surface area contributed by atoms with E-state index in [0.717, 1.165) is 23.4 Å². The Labute approximate surface area is 157 Å². The fraction of sp³-hybridized carbons (Fsp3) is 0.190. The highest BCUT2D eigenvalue weighted by Crippen LogP contribution is 2.17. The van der Waals surface area contributed by atoms with Crippen molar-refractivity contribution in [3.05, 3.63) is 77.2 Å². The predicted octanol–water partition coefficient (Wildman–Crippen LogP) is 4.52. The van der Waals surface area contributed by atoms with E-state index < -0.39 is 0 Å². The zero-order valence-corrected chi connectivity index (χ0v) is 15.3. The van der Waals surface area contributed by atoms with Crippen molar-refractivity contribution in [2.75, 3.05) is 17.2 Å². The third-order valence-corrected chi connectivity index (χ3v) is 4.03. The number of hydrogen-bond donors (Lipinski definition) is 2. The zero-order valence-electron chi connectivity index (χ0n) is 15.3. The number of hydrogen-bond acceptors (Lipinski definition) is 5. The number of ketones is 1. The Bertz CT molecular complexity index is 924. The van der Waals surface area contributed by atoms with Crippen LogP contribution >= 0.6 is 0 Å². The van der Waals surface area contributed by atoms with Gasteiger partial charge in [0.2, 0.25) is 5.95 Å². The summed E-state index contributed by atoms with van der Waals surface area (Å²) >= 11 is 0. The average Bonchev–Trinajstić information content (AvgIpc) is 2.63. The molecule has 0 aliphatic rings. The molecule has 3 rings (SSSR count). The molecule has 3 aromatic rings. The molecular formula is C21H21FN4O. The summed E-state index contributed by atoms with van der Waals surface area (Å²) < 4.78 is 12.9. The third-order valence-electron chi connectivity index (χ3n) is 4.03. The molecule has 0 spiro atoms. The maximum Gasteiger partial charge on any atom is 0.229 e. The van der Waals surface area contributed by atoms with Crippen molar-refractivity contribution in [2.45, 2.75) is 20.3 Å². The van der Waals surface area contributed by atoms with Crippen LogP contribution in [0.15, 0.2) is 54.6 Å². The first kappa shape index (κ1) is 18.5. The summed E-state index contributed by atoms with van der Waals surface area (Å²) in [6.07, 6.45) is 0.763. The van der Waals surface area contributed by atoms with Crippen LogP contribution in [-0.2, 0) is 6.42 Å². The molecule has 1 aromatic heterocycles. The number of nitrogens with zero attached hydrogens (tertiary/aromatic N) is 2. The maximum atomic E-state index is 12.9. The number of Topliss-reactive ketones (excluding diaryl/α,β-unsaturated/α-hetero) is 1. The van der Waals surface area contributed by atoms with Crippen LogP contribution in [-0.4, -0.2) is 22.3 Å². The number of carbonyl (C=O) groups excluding carboxylic acids is 1. The number of benzene rings is 2. The van der Waals surface area contributed by atoms with E-state index in [-0.39, 0.29) is 11.6 Å². The third kappa shape index (κ3) is 5.34. The molecule has 0 atom stereocenters. The van der Waals surface area contributed by atoms with Crippen LogP contribution in [0, 0.1) is 12.7 Å². The lowest BCUT2D eigenvalue weighted by molar-refractivity contribution is 0.101. The van der Waals surface area contributed by atoms with E-state index in [0.29, 0.717) is 23.9 Å². The molecule has 0 saturated carbocycles. The number of aromatic nitrogens is 2. The van der Waals surface area contributed by atoms with Gasteiger partial charge in [-0.3, -0.25) is 4.79 Å².